The Bertz CT molecular complexity index is 387. The largest absolute Gasteiger partial charge is 0.353 e. The maximum Gasteiger partial charge on any atom is 0.220 e. The van der Waals surface area contributed by atoms with E-state index in [4.69, 9.17) is 0 Å². The second kappa shape index (κ2) is 11.1. The Balaban J connectivity index is 1.22. The number of piperidine rings is 1. The first-order chi connectivity index (χ1) is 12.3. The topological polar surface area (TPSA) is 32.3 Å². The monoisotopic (exact) mass is 384 g/mol. The van der Waals surface area contributed by atoms with Gasteiger partial charge in [-0.2, -0.15) is 0 Å². The minimum Gasteiger partial charge on any atom is -0.353 e. The van der Waals surface area contributed by atoms with Crippen molar-refractivity contribution in [2.45, 2.75) is 88.3 Å². The lowest BCUT2D eigenvalue weighted by Gasteiger charge is -2.35. The molecule has 0 aromatic heterocycles. The van der Waals surface area contributed by atoms with Crippen LogP contribution in [0.25, 0.3) is 0 Å². The summed E-state index contributed by atoms with van der Waals surface area (Å²) in [6.07, 6.45) is 15.2. The number of amides is 1. The van der Waals surface area contributed by atoms with Crippen molar-refractivity contribution in [3.8, 4) is 0 Å². The van der Waals surface area contributed by atoms with Crippen LogP contribution in [0.3, 0.4) is 0 Å². The van der Waals surface area contributed by atoms with Gasteiger partial charge in [0, 0.05) is 43.1 Å². The number of unbranched alkanes of at least 4 members (excludes halogenated alkanes) is 1. The van der Waals surface area contributed by atoms with Crippen LogP contribution in [0.1, 0.15) is 77.0 Å². The van der Waals surface area contributed by atoms with Crippen LogP contribution >= 0.6 is 21.6 Å². The summed E-state index contributed by atoms with van der Waals surface area (Å²) in [6, 6.07) is 0.428. The molecule has 144 valence electrons. The molecule has 0 aromatic rings. The van der Waals surface area contributed by atoms with E-state index in [9.17, 15) is 4.79 Å². The van der Waals surface area contributed by atoms with Gasteiger partial charge in [0.1, 0.15) is 0 Å². The molecule has 2 saturated heterocycles. The van der Waals surface area contributed by atoms with E-state index in [0.29, 0.717) is 11.9 Å². The molecule has 0 spiro atoms. The molecule has 1 atom stereocenters. The third-order valence-corrected chi connectivity index (χ3v) is 9.11. The maximum atomic E-state index is 12.2. The van der Waals surface area contributed by atoms with Crippen molar-refractivity contribution in [1.29, 1.82) is 0 Å². The maximum absolute atomic E-state index is 12.2. The zero-order valence-corrected chi connectivity index (χ0v) is 17.4. The summed E-state index contributed by atoms with van der Waals surface area (Å²) in [7, 11) is 4.07. The molecule has 5 heteroatoms. The van der Waals surface area contributed by atoms with Crippen molar-refractivity contribution in [2.24, 2.45) is 5.92 Å². The Hall–Kier alpha value is 0.130. The number of hydrogen-bond acceptors (Lipinski definition) is 4. The van der Waals surface area contributed by atoms with E-state index < -0.39 is 0 Å². The number of carbonyl (C=O) groups is 1. The molecule has 0 aromatic carbocycles. The van der Waals surface area contributed by atoms with Crippen molar-refractivity contribution < 1.29 is 4.79 Å². The molecule has 25 heavy (non-hydrogen) atoms. The average Bonchev–Trinajstić information content (AvgIpc) is 3.15. The van der Waals surface area contributed by atoms with Crippen LogP contribution in [0.4, 0.5) is 0 Å². The predicted molar refractivity (Wildman–Crippen MR) is 111 cm³/mol. The zero-order valence-electron chi connectivity index (χ0n) is 15.7. The highest BCUT2D eigenvalue weighted by Gasteiger charge is 2.23. The smallest absolute Gasteiger partial charge is 0.220 e. The number of nitrogens with one attached hydrogen (secondary N) is 1. The SMILES string of the molecule is O=C(CCCCC1CCSS1)NC1CCN(CC2CCCCC2)CC1. The van der Waals surface area contributed by atoms with Crippen molar-refractivity contribution in [3.63, 3.8) is 0 Å². The predicted octanol–water partition coefficient (Wildman–Crippen LogP) is 4.86. The molecule has 0 bridgehead atoms. The first-order valence-corrected chi connectivity index (χ1v) is 13.0. The van der Waals surface area contributed by atoms with Gasteiger partial charge in [-0.25, -0.2) is 0 Å². The zero-order chi connectivity index (χ0) is 17.3. The van der Waals surface area contributed by atoms with E-state index in [0.717, 1.165) is 36.9 Å². The van der Waals surface area contributed by atoms with Gasteiger partial charge in [0.15, 0.2) is 0 Å². The van der Waals surface area contributed by atoms with Gasteiger partial charge in [0.25, 0.3) is 0 Å². The fraction of sp³-hybridized carbons (Fsp3) is 0.950. The molecule has 3 aliphatic rings. The standard InChI is InChI=1S/C20H36N2OS2/c23-20(9-5-4-8-19-12-15-24-25-19)21-18-10-13-22(14-11-18)16-17-6-2-1-3-7-17/h17-19H,1-16H2,(H,21,23). The minimum absolute atomic E-state index is 0.291. The fourth-order valence-corrected chi connectivity index (χ4v) is 7.54. The molecular formula is C20H36N2OS2. The molecule has 1 saturated carbocycles. The lowest BCUT2D eigenvalue weighted by Crippen LogP contribution is -2.45. The van der Waals surface area contributed by atoms with E-state index in [1.54, 1.807) is 0 Å². The van der Waals surface area contributed by atoms with Crippen LogP contribution in [0.2, 0.25) is 0 Å². The summed E-state index contributed by atoms with van der Waals surface area (Å²) in [4.78, 5) is 14.8. The van der Waals surface area contributed by atoms with E-state index >= 15 is 0 Å². The second-order valence-electron chi connectivity index (χ2n) is 8.22. The van der Waals surface area contributed by atoms with Gasteiger partial charge in [-0.3, -0.25) is 4.79 Å². The lowest BCUT2D eigenvalue weighted by molar-refractivity contribution is -0.122. The van der Waals surface area contributed by atoms with Crippen LogP contribution in [0.5, 0.6) is 0 Å². The highest BCUT2D eigenvalue weighted by molar-refractivity contribution is 8.77. The van der Waals surface area contributed by atoms with Crippen LogP contribution < -0.4 is 5.32 Å². The third-order valence-electron chi connectivity index (χ3n) is 6.10. The molecule has 1 amide bonds. The van der Waals surface area contributed by atoms with Crippen molar-refractivity contribution in [3.05, 3.63) is 0 Å². The van der Waals surface area contributed by atoms with E-state index in [2.05, 4.69) is 21.0 Å². The highest BCUT2D eigenvalue weighted by atomic mass is 33.1. The quantitative estimate of drug-likeness (QED) is 0.478. The number of nitrogens with zero attached hydrogens (tertiary/aromatic N) is 1. The Morgan fingerprint density at radius 1 is 1.00 bits per heavy atom. The van der Waals surface area contributed by atoms with Gasteiger partial charge >= 0.3 is 0 Å². The molecule has 3 fully saturated rings. The van der Waals surface area contributed by atoms with Gasteiger partial charge < -0.3 is 10.2 Å². The summed E-state index contributed by atoms with van der Waals surface area (Å²) in [5, 5.41) is 4.15. The molecule has 2 aliphatic heterocycles. The molecule has 1 unspecified atom stereocenters. The van der Waals surface area contributed by atoms with Gasteiger partial charge in [0.05, 0.1) is 0 Å². The van der Waals surface area contributed by atoms with Gasteiger partial charge in [-0.1, -0.05) is 47.3 Å². The molecule has 1 N–H and O–H groups in total. The number of hydrogen-bond donors (Lipinski definition) is 1. The van der Waals surface area contributed by atoms with E-state index in [1.165, 1.54) is 76.8 Å². The van der Waals surface area contributed by atoms with Gasteiger partial charge in [-0.05, 0) is 50.9 Å². The van der Waals surface area contributed by atoms with E-state index in [1.807, 2.05) is 10.8 Å². The van der Waals surface area contributed by atoms with Crippen LogP contribution in [-0.4, -0.2) is 47.5 Å². The first-order valence-electron chi connectivity index (χ1n) is 10.6. The molecule has 0 radical (unpaired) electrons. The van der Waals surface area contributed by atoms with E-state index in [-0.39, 0.29) is 0 Å². The van der Waals surface area contributed by atoms with Gasteiger partial charge in [-0.15, -0.1) is 0 Å². The van der Waals surface area contributed by atoms with Crippen LogP contribution in [-0.2, 0) is 4.79 Å². The van der Waals surface area contributed by atoms with Crippen molar-refractivity contribution in [1.82, 2.24) is 10.2 Å². The molecule has 3 rings (SSSR count). The second-order valence-corrected chi connectivity index (χ2v) is 11.0. The number of carbonyl (C=O) groups excluding carboxylic acids is 1. The summed E-state index contributed by atoms with van der Waals surface area (Å²) < 4.78 is 0. The van der Waals surface area contributed by atoms with Gasteiger partial charge in [0.2, 0.25) is 5.91 Å². The molecule has 1 aliphatic carbocycles. The molecule has 2 heterocycles. The van der Waals surface area contributed by atoms with Crippen LogP contribution in [0, 0.1) is 5.92 Å². The van der Waals surface area contributed by atoms with Crippen LogP contribution in [0.15, 0.2) is 0 Å². The summed E-state index contributed by atoms with van der Waals surface area (Å²) >= 11 is 0. The highest BCUT2D eigenvalue weighted by Crippen LogP contribution is 2.39. The first kappa shape index (κ1) is 19.9. The number of rotatable bonds is 8. The van der Waals surface area contributed by atoms with Crippen molar-refractivity contribution in [2.75, 3.05) is 25.4 Å². The Labute approximate surface area is 162 Å². The fourth-order valence-electron chi connectivity index (χ4n) is 4.52. The average molecular weight is 385 g/mol. The molecular weight excluding hydrogens is 348 g/mol. The Morgan fingerprint density at radius 2 is 1.80 bits per heavy atom. The summed E-state index contributed by atoms with van der Waals surface area (Å²) in [6.45, 7) is 3.66. The lowest BCUT2D eigenvalue weighted by atomic mass is 9.88. The Kier molecular flexibility index (Phi) is 8.81. The Morgan fingerprint density at radius 3 is 2.52 bits per heavy atom. The minimum atomic E-state index is 0.291. The molecule has 3 nitrogen and oxygen atoms in total. The summed E-state index contributed by atoms with van der Waals surface area (Å²) in [5.41, 5.74) is 0. The summed E-state index contributed by atoms with van der Waals surface area (Å²) in [5.74, 6) is 2.55. The third kappa shape index (κ3) is 7.34. The van der Waals surface area contributed by atoms with Crippen molar-refractivity contribution >= 4 is 27.5 Å². The normalized spacial score (nSPS) is 26.8. The number of likely N-dealkylation sites (tertiary alicyclic amines) is 1.